The third-order valence-electron chi connectivity index (χ3n) is 5.00. The maximum Gasteiger partial charge on any atom is 0.494 e. The van der Waals surface area contributed by atoms with Crippen molar-refractivity contribution in [3.63, 3.8) is 0 Å². The molecule has 0 spiro atoms. The molecule has 20 heavy (non-hydrogen) atoms. The minimum Gasteiger partial charge on any atom is -0.399 e. The summed E-state index contributed by atoms with van der Waals surface area (Å²) in [6.45, 7) is 12.8. The molecule has 1 aromatic carbocycles. The Labute approximate surface area is 122 Å². The summed E-state index contributed by atoms with van der Waals surface area (Å²) in [5.41, 5.74) is 3.38. The van der Waals surface area contributed by atoms with Gasteiger partial charge in [0, 0.05) is 18.8 Å². The molecule has 0 unspecified atom stereocenters. The van der Waals surface area contributed by atoms with Gasteiger partial charge in [-0.25, -0.2) is 0 Å². The maximum absolute atomic E-state index is 6.13. The van der Waals surface area contributed by atoms with Crippen molar-refractivity contribution >= 4 is 18.3 Å². The standard InChI is InChI=1S/C16H24BNO2/c1-6-18-10-9-12-11-13(7-8-14(12)18)17-19-15(2,3)16(4,5)20-17/h7-8,11H,6,9-10H2,1-5H3. The van der Waals surface area contributed by atoms with Gasteiger partial charge in [-0.15, -0.1) is 0 Å². The summed E-state index contributed by atoms with van der Waals surface area (Å²) in [5.74, 6) is 0. The predicted molar refractivity (Wildman–Crippen MR) is 83.7 cm³/mol. The largest absolute Gasteiger partial charge is 0.494 e. The van der Waals surface area contributed by atoms with Crippen LogP contribution in [0.1, 0.15) is 40.2 Å². The monoisotopic (exact) mass is 273 g/mol. The molecule has 2 aliphatic rings. The number of likely N-dealkylation sites (N-methyl/N-ethyl adjacent to an activating group) is 1. The van der Waals surface area contributed by atoms with E-state index in [0.717, 1.165) is 25.0 Å². The van der Waals surface area contributed by atoms with Gasteiger partial charge in [0.25, 0.3) is 0 Å². The molecule has 4 heteroatoms. The Balaban J connectivity index is 1.87. The van der Waals surface area contributed by atoms with Crippen molar-refractivity contribution in [1.29, 1.82) is 0 Å². The van der Waals surface area contributed by atoms with Crippen molar-refractivity contribution in [3.8, 4) is 0 Å². The van der Waals surface area contributed by atoms with Crippen LogP contribution in [0.2, 0.25) is 0 Å². The first-order chi connectivity index (χ1) is 9.34. The van der Waals surface area contributed by atoms with E-state index in [-0.39, 0.29) is 18.3 Å². The number of rotatable bonds is 2. The highest BCUT2D eigenvalue weighted by Crippen LogP contribution is 2.37. The highest BCUT2D eigenvalue weighted by Gasteiger charge is 2.51. The van der Waals surface area contributed by atoms with Gasteiger partial charge in [0.1, 0.15) is 0 Å². The zero-order valence-corrected chi connectivity index (χ0v) is 13.2. The van der Waals surface area contributed by atoms with Crippen molar-refractivity contribution in [3.05, 3.63) is 23.8 Å². The lowest BCUT2D eigenvalue weighted by Gasteiger charge is -2.32. The summed E-state index contributed by atoms with van der Waals surface area (Å²) in [5, 5.41) is 0. The van der Waals surface area contributed by atoms with Gasteiger partial charge in [0.2, 0.25) is 0 Å². The lowest BCUT2D eigenvalue weighted by atomic mass is 9.78. The van der Waals surface area contributed by atoms with E-state index in [1.807, 2.05) is 0 Å². The van der Waals surface area contributed by atoms with Gasteiger partial charge in [0.05, 0.1) is 11.2 Å². The van der Waals surface area contributed by atoms with Crippen LogP contribution in [0.25, 0.3) is 0 Å². The molecule has 1 aromatic rings. The van der Waals surface area contributed by atoms with Crippen molar-refractivity contribution in [2.45, 2.75) is 52.2 Å². The third kappa shape index (κ3) is 2.06. The van der Waals surface area contributed by atoms with Crippen LogP contribution < -0.4 is 10.4 Å². The van der Waals surface area contributed by atoms with Gasteiger partial charge in [0.15, 0.2) is 0 Å². The Hall–Kier alpha value is -0.995. The number of benzene rings is 1. The number of fused-ring (bicyclic) bond motifs is 1. The topological polar surface area (TPSA) is 21.7 Å². The van der Waals surface area contributed by atoms with Crippen molar-refractivity contribution in [1.82, 2.24) is 0 Å². The molecular formula is C16H24BNO2. The molecule has 1 fully saturated rings. The first-order valence-electron chi connectivity index (χ1n) is 7.57. The molecule has 0 aromatic heterocycles. The average molecular weight is 273 g/mol. The van der Waals surface area contributed by atoms with Crippen LogP contribution in [0.3, 0.4) is 0 Å². The van der Waals surface area contributed by atoms with Crippen LogP contribution >= 0.6 is 0 Å². The number of anilines is 1. The SMILES string of the molecule is CCN1CCc2cc(B3OC(C)(C)C(C)(C)O3)ccc21. The summed E-state index contributed by atoms with van der Waals surface area (Å²) in [6.07, 6.45) is 1.12. The molecule has 2 aliphatic heterocycles. The summed E-state index contributed by atoms with van der Waals surface area (Å²) in [4.78, 5) is 2.42. The molecule has 2 heterocycles. The fourth-order valence-electron chi connectivity index (χ4n) is 2.94. The Morgan fingerprint density at radius 2 is 1.80 bits per heavy atom. The predicted octanol–water partition coefficient (Wildman–Crippen LogP) is 2.37. The summed E-state index contributed by atoms with van der Waals surface area (Å²) in [6, 6.07) is 6.62. The molecule has 1 saturated heterocycles. The van der Waals surface area contributed by atoms with Crippen molar-refractivity contribution in [2.75, 3.05) is 18.0 Å². The van der Waals surface area contributed by atoms with E-state index in [4.69, 9.17) is 9.31 Å². The molecule has 3 rings (SSSR count). The Morgan fingerprint density at radius 3 is 2.40 bits per heavy atom. The van der Waals surface area contributed by atoms with Crippen LogP contribution in [0, 0.1) is 0 Å². The Bertz CT molecular complexity index is 511. The normalized spacial score (nSPS) is 23.2. The van der Waals surface area contributed by atoms with Gasteiger partial charge < -0.3 is 14.2 Å². The van der Waals surface area contributed by atoms with Gasteiger partial charge in [-0.2, -0.15) is 0 Å². The van der Waals surface area contributed by atoms with Crippen molar-refractivity contribution in [2.24, 2.45) is 0 Å². The highest BCUT2D eigenvalue weighted by molar-refractivity contribution is 6.62. The van der Waals surface area contributed by atoms with Crippen LogP contribution in [0.15, 0.2) is 18.2 Å². The number of hydrogen-bond acceptors (Lipinski definition) is 3. The van der Waals surface area contributed by atoms with E-state index >= 15 is 0 Å². The van der Waals surface area contributed by atoms with E-state index < -0.39 is 0 Å². The highest BCUT2D eigenvalue weighted by atomic mass is 16.7. The quantitative estimate of drug-likeness (QED) is 0.772. The van der Waals surface area contributed by atoms with E-state index in [1.54, 1.807) is 0 Å². The molecule has 0 atom stereocenters. The number of hydrogen-bond donors (Lipinski definition) is 0. The second kappa shape index (κ2) is 4.50. The third-order valence-corrected chi connectivity index (χ3v) is 5.00. The van der Waals surface area contributed by atoms with Gasteiger partial charge >= 0.3 is 7.12 Å². The van der Waals surface area contributed by atoms with Crippen LogP contribution in [0.4, 0.5) is 5.69 Å². The second-order valence-corrected chi connectivity index (χ2v) is 6.81. The smallest absolute Gasteiger partial charge is 0.399 e. The summed E-state index contributed by atoms with van der Waals surface area (Å²) < 4.78 is 12.3. The zero-order chi connectivity index (χ0) is 14.5. The van der Waals surface area contributed by atoms with Crippen LogP contribution in [-0.2, 0) is 15.7 Å². The van der Waals surface area contributed by atoms with Gasteiger partial charge in [-0.1, -0.05) is 12.1 Å². The second-order valence-electron chi connectivity index (χ2n) is 6.81. The lowest BCUT2D eigenvalue weighted by molar-refractivity contribution is 0.00578. The fraction of sp³-hybridized carbons (Fsp3) is 0.625. The van der Waals surface area contributed by atoms with Crippen LogP contribution in [0.5, 0.6) is 0 Å². The molecule has 0 N–H and O–H groups in total. The molecule has 0 amide bonds. The fourth-order valence-corrected chi connectivity index (χ4v) is 2.94. The Morgan fingerprint density at radius 1 is 1.15 bits per heavy atom. The Kier molecular flexibility index (Phi) is 3.14. The molecule has 0 bridgehead atoms. The van der Waals surface area contributed by atoms with Gasteiger partial charge in [-0.05, 0) is 58.1 Å². The number of nitrogens with zero attached hydrogens (tertiary/aromatic N) is 1. The van der Waals surface area contributed by atoms with E-state index in [1.165, 1.54) is 11.3 Å². The molecule has 0 radical (unpaired) electrons. The zero-order valence-electron chi connectivity index (χ0n) is 13.2. The van der Waals surface area contributed by atoms with E-state index in [9.17, 15) is 0 Å². The van der Waals surface area contributed by atoms with Crippen molar-refractivity contribution < 1.29 is 9.31 Å². The first-order valence-corrected chi connectivity index (χ1v) is 7.57. The molecule has 0 saturated carbocycles. The van der Waals surface area contributed by atoms with E-state index in [2.05, 4.69) is 57.7 Å². The minimum absolute atomic E-state index is 0.249. The lowest BCUT2D eigenvalue weighted by Crippen LogP contribution is -2.41. The molecule has 0 aliphatic carbocycles. The maximum atomic E-state index is 6.13. The summed E-state index contributed by atoms with van der Waals surface area (Å²) >= 11 is 0. The molecule has 3 nitrogen and oxygen atoms in total. The minimum atomic E-state index is -0.272. The average Bonchev–Trinajstić information content (AvgIpc) is 2.87. The summed E-state index contributed by atoms with van der Waals surface area (Å²) in [7, 11) is -0.249. The van der Waals surface area contributed by atoms with Gasteiger partial charge in [-0.3, -0.25) is 0 Å². The molecular weight excluding hydrogens is 249 g/mol. The molecule has 108 valence electrons. The van der Waals surface area contributed by atoms with Crippen LogP contribution in [-0.4, -0.2) is 31.4 Å². The van der Waals surface area contributed by atoms with E-state index in [0.29, 0.717) is 0 Å². The first kappa shape index (κ1) is 14.0.